The van der Waals surface area contributed by atoms with Crippen LogP contribution < -0.4 is 0 Å². The highest BCUT2D eigenvalue weighted by molar-refractivity contribution is 7.19. The number of aromatic nitrogens is 1. The number of benzene rings is 3. The lowest BCUT2D eigenvalue weighted by Gasteiger charge is -2.22. The summed E-state index contributed by atoms with van der Waals surface area (Å²) in [6.07, 6.45) is 3.09. The van der Waals surface area contributed by atoms with Gasteiger partial charge in [0, 0.05) is 21.3 Å². The number of thiophene rings is 1. The minimum Gasteiger partial charge on any atom is -0.256 e. The van der Waals surface area contributed by atoms with Crippen LogP contribution in [0.3, 0.4) is 0 Å². The standard InChI is InChI=1S/C31H31NS/c1-20(2)15-25-17-23-10-8-12-27(30(23)33-25)22-13-14-32-29(19-22)24-16-21-9-6-7-11-26(21)28(18-24)31(3,4)5/h6-14,16-20H,15H2,1-5H3. The number of hydrogen-bond acceptors (Lipinski definition) is 2. The smallest absolute Gasteiger partial charge is 0.0708 e. The highest BCUT2D eigenvalue weighted by Crippen LogP contribution is 2.38. The fourth-order valence-electron chi connectivity index (χ4n) is 4.68. The van der Waals surface area contributed by atoms with Gasteiger partial charge in [-0.3, -0.25) is 4.98 Å². The minimum atomic E-state index is 0.0581. The molecule has 0 spiro atoms. The Bertz CT molecular complexity index is 1450. The summed E-state index contributed by atoms with van der Waals surface area (Å²) in [5.41, 5.74) is 6.16. The van der Waals surface area contributed by atoms with Crippen LogP contribution in [0.4, 0.5) is 0 Å². The van der Waals surface area contributed by atoms with Crippen LogP contribution in [-0.2, 0) is 11.8 Å². The first-order valence-corrected chi connectivity index (χ1v) is 12.6. The first-order valence-electron chi connectivity index (χ1n) is 11.8. The van der Waals surface area contributed by atoms with Crippen LogP contribution in [0.2, 0.25) is 0 Å². The molecule has 0 atom stereocenters. The first kappa shape index (κ1) is 21.9. The van der Waals surface area contributed by atoms with E-state index in [-0.39, 0.29) is 5.41 Å². The monoisotopic (exact) mass is 449 g/mol. The van der Waals surface area contributed by atoms with Crippen LogP contribution in [0.1, 0.15) is 45.1 Å². The van der Waals surface area contributed by atoms with Crippen molar-refractivity contribution in [1.29, 1.82) is 0 Å². The molecule has 2 heteroatoms. The number of rotatable bonds is 4. The maximum absolute atomic E-state index is 4.79. The van der Waals surface area contributed by atoms with E-state index in [2.05, 4.69) is 107 Å². The van der Waals surface area contributed by atoms with Crippen molar-refractivity contribution in [1.82, 2.24) is 4.98 Å². The molecule has 0 bridgehead atoms. The van der Waals surface area contributed by atoms with E-state index in [1.807, 2.05) is 17.5 Å². The maximum Gasteiger partial charge on any atom is 0.0708 e. The van der Waals surface area contributed by atoms with Gasteiger partial charge in [0.25, 0.3) is 0 Å². The van der Waals surface area contributed by atoms with E-state index < -0.39 is 0 Å². The summed E-state index contributed by atoms with van der Waals surface area (Å²) in [6.45, 7) is 11.4. The van der Waals surface area contributed by atoms with E-state index in [1.165, 1.54) is 48.0 Å². The molecular formula is C31H31NS. The lowest BCUT2D eigenvalue weighted by atomic mass is 9.82. The molecule has 0 aliphatic carbocycles. The zero-order valence-electron chi connectivity index (χ0n) is 20.1. The highest BCUT2D eigenvalue weighted by Gasteiger charge is 2.19. The van der Waals surface area contributed by atoms with Crippen molar-refractivity contribution in [2.75, 3.05) is 0 Å². The Labute approximate surface area is 201 Å². The molecule has 2 aromatic heterocycles. The van der Waals surface area contributed by atoms with Gasteiger partial charge in [-0.1, -0.05) is 77.1 Å². The van der Waals surface area contributed by atoms with E-state index in [0.717, 1.165) is 12.1 Å². The molecule has 0 saturated carbocycles. The molecule has 0 saturated heterocycles. The topological polar surface area (TPSA) is 12.9 Å². The summed E-state index contributed by atoms with van der Waals surface area (Å²) in [5, 5.41) is 3.93. The van der Waals surface area contributed by atoms with E-state index >= 15 is 0 Å². The molecule has 1 nitrogen and oxygen atoms in total. The molecule has 5 aromatic rings. The van der Waals surface area contributed by atoms with Gasteiger partial charge in [0.05, 0.1) is 5.69 Å². The third kappa shape index (κ3) is 4.32. The minimum absolute atomic E-state index is 0.0581. The number of nitrogens with zero attached hydrogens (tertiary/aromatic N) is 1. The molecule has 0 unspecified atom stereocenters. The molecule has 0 N–H and O–H groups in total. The van der Waals surface area contributed by atoms with Gasteiger partial charge in [-0.05, 0) is 80.9 Å². The largest absolute Gasteiger partial charge is 0.256 e. The van der Waals surface area contributed by atoms with Gasteiger partial charge < -0.3 is 0 Å². The van der Waals surface area contributed by atoms with E-state index in [9.17, 15) is 0 Å². The Balaban J connectivity index is 1.64. The predicted molar refractivity (Wildman–Crippen MR) is 145 cm³/mol. The average molecular weight is 450 g/mol. The average Bonchev–Trinajstić information content (AvgIpc) is 3.19. The second-order valence-electron chi connectivity index (χ2n) is 10.5. The van der Waals surface area contributed by atoms with E-state index in [1.54, 1.807) is 0 Å². The molecule has 3 aromatic carbocycles. The van der Waals surface area contributed by atoms with Gasteiger partial charge in [0.15, 0.2) is 0 Å². The number of fused-ring (bicyclic) bond motifs is 2. The summed E-state index contributed by atoms with van der Waals surface area (Å²) in [7, 11) is 0. The van der Waals surface area contributed by atoms with Crippen LogP contribution in [0.15, 0.2) is 79.0 Å². The maximum atomic E-state index is 4.79. The lowest BCUT2D eigenvalue weighted by Crippen LogP contribution is -2.12. The van der Waals surface area contributed by atoms with Crippen molar-refractivity contribution < 1.29 is 0 Å². The van der Waals surface area contributed by atoms with Crippen LogP contribution in [0.5, 0.6) is 0 Å². The fourth-order valence-corrected chi connectivity index (χ4v) is 6.09. The molecular weight excluding hydrogens is 418 g/mol. The predicted octanol–water partition coefficient (Wildman–Crippen LogP) is 9.28. The molecule has 0 radical (unpaired) electrons. The van der Waals surface area contributed by atoms with Gasteiger partial charge in [-0.15, -0.1) is 11.3 Å². The second-order valence-corrected chi connectivity index (χ2v) is 11.6. The zero-order chi connectivity index (χ0) is 23.2. The van der Waals surface area contributed by atoms with Crippen molar-refractivity contribution in [2.24, 2.45) is 5.92 Å². The van der Waals surface area contributed by atoms with Crippen LogP contribution in [0.25, 0.3) is 43.2 Å². The highest BCUT2D eigenvalue weighted by atomic mass is 32.1. The normalized spacial score (nSPS) is 12.2. The third-order valence-corrected chi connectivity index (χ3v) is 7.45. The molecule has 2 heterocycles. The number of hydrogen-bond donors (Lipinski definition) is 0. The molecule has 166 valence electrons. The van der Waals surface area contributed by atoms with Crippen molar-refractivity contribution in [3.63, 3.8) is 0 Å². The van der Waals surface area contributed by atoms with Gasteiger partial charge in [-0.2, -0.15) is 0 Å². The van der Waals surface area contributed by atoms with Crippen LogP contribution >= 0.6 is 11.3 Å². The van der Waals surface area contributed by atoms with Gasteiger partial charge in [0.2, 0.25) is 0 Å². The van der Waals surface area contributed by atoms with Gasteiger partial charge in [-0.25, -0.2) is 0 Å². The van der Waals surface area contributed by atoms with Gasteiger partial charge in [0.1, 0.15) is 0 Å². The molecule has 0 aliphatic rings. The third-order valence-electron chi connectivity index (χ3n) is 6.24. The Hall–Kier alpha value is -2.97. The summed E-state index contributed by atoms with van der Waals surface area (Å²) >= 11 is 1.94. The zero-order valence-corrected chi connectivity index (χ0v) is 21.0. The first-order chi connectivity index (χ1) is 15.8. The van der Waals surface area contributed by atoms with E-state index in [0.29, 0.717) is 5.92 Å². The van der Waals surface area contributed by atoms with Crippen molar-refractivity contribution in [2.45, 2.75) is 46.5 Å². The van der Waals surface area contributed by atoms with Crippen LogP contribution in [0, 0.1) is 5.92 Å². The van der Waals surface area contributed by atoms with Gasteiger partial charge >= 0.3 is 0 Å². The summed E-state index contributed by atoms with van der Waals surface area (Å²) in [6, 6.07) is 26.7. The molecule has 0 amide bonds. The molecule has 5 rings (SSSR count). The fraction of sp³-hybridized carbons (Fsp3) is 0.258. The quantitative estimate of drug-likeness (QED) is 0.266. The lowest BCUT2D eigenvalue weighted by molar-refractivity contribution is 0.596. The van der Waals surface area contributed by atoms with Crippen molar-refractivity contribution in [3.05, 3.63) is 89.4 Å². The van der Waals surface area contributed by atoms with E-state index in [4.69, 9.17) is 4.98 Å². The molecule has 33 heavy (non-hydrogen) atoms. The second kappa shape index (κ2) is 8.43. The van der Waals surface area contributed by atoms with Crippen LogP contribution in [-0.4, -0.2) is 4.98 Å². The Kier molecular flexibility index (Phi) is 5.58. The summed E-state index contributed by atoms with van der Waals surface area (Å²) in [5.74, 6) is 0.666. The molecule has 0 fully saturated rings. The Morgan fingerprint density at radius 3 is 2.39 bits per heavy atom. The molecule has 0 aliphatic heterocycles. The SMILES string of the molecule is CC(C)Cc1cc2cccc(-c3ccnc(-c4cc(C(C)(C)C)c5ccccc5c4)c3)c2s1. The number of pyridine rings is 1. The Morgan fingerprint density at radius 2 is 1.61 bits per heavy atom. The van der Waals surface area contributed by atoms with Crippen molar-refractivity contribution in [3.8, 4) is 22.4 Å². The van der Waals surface area contributed by atoms with Crippen molar-refractivity contribution >= 4 is 32.2 Å². The Morgan fingerprint density at radius 1 is 0.818 bits per heavy atom. The summed E-state index contributed by atoms with van der Waals surface area (Å²) in [4.78, 5) is 6.26. The summed E-state index contributed by atoms with van der Waals surface area (Å²) < 4.78 is 1.37.